The van der Waals surface area contributed by atoms with Gasteiger partial charge in [-0.25, -0.2) is 34.1 Å². The number of carbonyl (C=O) groups excluding carboxylic acids is 1. The number of carboxylic acids is 1. The first-order valence-corrected chi connectivity index (χ1v) is 21.8. The summed E-state index contributed by atoms with van der Waals surface area (Å²) in [5, 5.41) is 22.4. The van der Waals surface area contributed by atoms with Crippen LogP contribution < -0.4 is 26.3 Å². The Kier molecular flexibility index (Phi) is 17.4. The Morgan fingerprint density at radius 3 is 1.54 bits per heavy atom. The van der Waals surface area contributed by atoms with Crippen molar-refractivity contribution in [2.75, 3.05) is 37.6 Å². The van der Waals surface area contributed by atoms with Crippen LogP contribution >= 0.6 is 0 Å². The molecule has 2 aliphatic heterocycles. The zero-order valence-corrected chi connectivity index (χ0v) is 38.5. The second kappa shape index (κ2) is 23.7. The predicted octanol–water partition coefficient (Wildman–Crippen LogP) is 8.90. The van der Waals surface area contributed by atoms with Crippen LogP contribution in [0.1, 0.15) is 45.2 Å². The summed E-state index contributed by atoms with van der Waals surface area (Å²) in [7, 11) is 0. The van der Waals surface area contributed by atoms with E-state index in [4.69, 9.17) is 36.2 Å². The van der Waals surface area contributed by atoms with Gasteiger partial charge in [0.1, 0.15) is 58.7 Å². The van der Waals surface area contributed by atoms with E-state index in [1.165, 1.54) is 18.7 Å². The van der Waals surface area contributed by atoms with E-state index in [-0.39, 0.29) is 44.0 Å². The van der Waals surface area contributed by atoms with Crippen molar-refractivity contribution in [3.05, 3.63) is 147 Å². The molecule has 2 fully saturated rings. The molecule has 4 aromatic heterocycles. The number of aromatic nitrogens is 8. The third-order valence-electron chi connectivity index (χ3n) is 11.3. The average Bonchev–Trinajstić information content (AvgIpc) is 3.97. The number of fused-ring (bicyclic) bond motifs is 2. The molecular weight excluding hydrogens is 912 g/mol. The number of para-hydroxylation sites is 2. The van der Waals surface area contributed by atoms with Crippen molar-refractivity contribution in [1.29, 1.82) is 0 Å². The molecule has 6 N–H and O–H groups in total. The monoisotopic (exact) mass is 965 g/mol. The van der Waals surface area contributed by atoms with Crippen LogP contribution in [0.15, 0.2) is 147 Å². The summed E-state index contributed by atoms with van der Waals surface area (Å²) in [6.07, 6.45) is 9.11. The van der Waals surface area contributed by atoms with E-state index < -0.39 is 5.97 Å². The predicted molar refractivity (Wildman–Crippen MR) is 264 cm³/mol. The smallest absolute Gasteiger partial charge is 0.327 e. The van der Waals surface area contributed by atoms with Gasteiger partial charge in [-0.2, -0.15) is 10.2 Å². The molecule has 2 aliphatic rings. The first-order valence-electron chi connectivity index (χ1n) is 21.8. The van der Waals surface area contributed by atoms with Crippen molar-refractivity contribution in [2.45, 2.75) is 45.2 Å². The van der Waals surface area contributed by atoms with Crippen LogP contribution in [0.3, 0.4) is 0 Å². The Morgan fingerprint density at radius 2 is 1.10 bits per heavy atom. The molecule has 1 amide bonds. The molecule has 0 saturated carbocycles. The zero-order valence-electron chi connectivity index (χ0n) is 37.1. The molecule has 0 bridgehead atoms. The Morgan fingerprint density at radius 1 is 0.652 bits per heavy atom. The molecule has 353 valence electrons. The van der Waals surface area contributed by atoms with Crippen molar-refractivity contribution in [1.82, 2.24) is 49.7 Å². The fourth-order valence-electron chi connectivity index (χ4n) is 8.04. The fourth-order valence-corrected chi connectivity index (χ4v) is 8.04. The van der Waals surface area contributed by atoms with E-state index in [2.05, 4.69) is 38.4 Å². The van der Waals surface area contributed by atoms with Crippen molar-refractivity contribution in [3.63, 3.8) is 0 Å². The number of amides is 1. The maximum Gasteiger partial charge on any atom is 0.327 e. The zero-order chi connectivity index (χ0) is 46.7. The van der Waals surface area contributed by atoms with Crippen LogP contribution in [-0.4, -0.2) is 87.6 Å². The largest absolute Gasteiger partial charge is 0.478 e. The van der Waals surface area contributed by atoms with Gasteiger partial charge in [0.25, 0.3) is 0 Å². The van der Waals surface area contributed by atoms with Gasteiger partial charge in [0.15, 0.2) is 11.3 Å². The third kappa shape index (κ3) is 12.0. The van der Waals surface area contributed by atoms with Crippen LogP contribution in [0.5, 0.6) is 23.0 Å². The molecule has 10 rings (SSSR count). The summed E-state index contributed by atoms with van der Waals surface area (Å²) in [4.78, 5) is 40.6. The van der Waals surface area contributed by atoms with E-state index in [1.54, 1.807) is 4.90 Å². The average molecular weight is 966 g/mol. The number of carboxylic acid groups (broad SMARTS) is 1. The molecule has 1 radical (unpaired) electrons. The third-order valence-corrected chi connectivity index (χ3v) is 11.3. The van der Waals surface area contributed by atoms with Gasteiger partial charge in [0.05, 0.1) is 22.9 Å². The van der Waals surface area contributed by atoms with Gasteiger partial charge in [-0.3, -0.25) is 4.79 Å². The number of hydrogen-bond acceptors (Lipinski definition) is 13. The summed E-state index contributed by atoms with van der Waals surface area (Å²) in [6, 6.07) is 35.2. The van der Waals surface area contributed by atoms with E-state index in [1.807, 2.05) is 119 Å². The van der Waals surface area contributed by atoms with E-state index in [9.17, 15) is 9.59 Å². The second-order valence-electron chi connectivity index (χ2n) is 15.7. The van der Waals surface area contributed by atoms with Gasteiger partial charge < -0.3 is 36.3 Å². The number of hydrogen-bond donors (Lipinski definition) is 4. The summed E-state index contributed by atoms with van der Waals surface area (Å²) in [6.45, 7) is 9.76. The second-order valence-corrected chi connectivity index (χ2v) is 15.7. The standard InChI is InChI=1S/C25H24N6O2.C22H22N6O.C3H4O2.CH4.V/c1-2-21(32)30-14-6-7-18(15-30)31-25-22(24(26)27-16-28-25)23(29-31)17-10-12-20(13-11-17)33-19-8-4-3-5-9-19;23-21-19-20(15-8-10-18(11-9-15)29-17-6-2-1-3-7-17)27-28(22(19)26-14-25-21)16-5-4-12-24-13-16;1-2-3(4)5;;/h2-5,8-13,16,18H,1,6-7,14-15H2,(H2,26,27,28);1-3,6-11,14,16,24H,4-5,12-13H2,(H2,23,25,26);2H,1H2,(H,4,5);1H4;. The number of aliphatic carboxylic acids is 1. The van der Waals surface area contributed by atoms with Gasteiger partial charge in [0.2, 0.25) is 5.91 Å². The maximum atomic E-state index is 12.2. The summed E-state index contributed by atoms with van der Waals surface area (Å²) >= 11 is 0. The molecular formula is C51H54N12O5V. The number of rotatable bonds is 10. The summed E-state index contributed by atoms with van der Waals surface area (Å²) in [5.41, 5.74) is 17.3. The summed E-state index contributed by atoms with van der Waals surface area (Å²) < 4.78 is 15.7. The first-order chi connectivity index (χ1) is 32.7. The number of nitrogens with two attached hydrogens (primary N) is 2. The molecule has 2 unspecified atom stereocenters. The number of ether oxygens (including phenoxy) is 2. The van der Waals surface area contributed by atoms with Crippen LogP contribution in [0.2, 0.25) is 0 Å². The Labute approximate surface area is 411 Å². The van der Waals surface area contributed by atoms with Crippen molar-refractivity contribution in [3.8, 4) is 45.5 Å². The number of carbonyl (C=O) groups is 2. The summed E-state index contributed by atoms with van der Waals surface area (Å²) in [5.74, 6) is 2.84. The van der Waals surface area contributed by atoms with Crippen LogP contribution in [0, 0.1) is 0 Å². The topological polar surface area (TPSA) is 227 Å². The number of likely N-dealkylation sites (tertiary alicyclic amines) is 1. The van der Waals surface area contributed by atoms with E-state index in [0.29, 0.717) is 41.5 Å². The molecule has 18 heteroatoms. The fraction of sp³-hybridized carbons (Fsp3) is 0.216. The number of piperidine rings is 2. The molecule has 6 heterocycles. The van der Waals surface area contributed by atoms with Gasteiger partial charge in [-0.1, -0.05) is 57.0 Å². The van der Waals surface area contributed by atoms with Crippen molar-refractivity contribution in [2.24, 2.45) is 0 Å². The molecule has 2 saturated heterocycles. The minimum absolute atomic E-state index is 0. The van der Waals surface area contributed by atoms with Gasteiger partial charge >= 0.3 is 5.97 Å². The van der Waals surface area contributed by atoms with Crippen LogP contribution in [-0.2, 0) is 28.1 Å². The van der Waals surface area contributed by atoms with E-state index in [0.717, 1.165) is 95.7 Å². The number of nitrogens with zero attached hydrogens (tertiary/aromatic N) is 9. The van der Waals surface area contributed by atoms with Crippen LogP contribution in [0.4, 0.5) is 11.6 Å². The molecule has 2 atom stereocenters. The van der Waals surface area contributed by atoms with E-state index >= 15 is 0 Å². The quantitative estimate of drug-likeness (QED) is 0.0939. The molecule has 0 spiro atoms. The first kappa shape index (κ1) is 50.6. The Balaban J connectivity index is 0.000000202. The SMILES string of the molecule is C.C=CC(=O)N1CCCC(n2nc(-c3ccc(Oc4ccccc4)cc3)c3c(N)ncnc32)C1.C=CC(=O)O.Nc1ncnc2c1c(-c1ccc(Oc3ccccc3)cc1)nn2C1CCCNC1.[V]. The Hall–Kier alpha value is -7.86. The normalized spacial score (nSPS) is 15.2. The molecule has 4 aromatic carbocycles. The number of benzene rings is 4. The van der Waals surface area contributed by atoms with Gasteiger partial charge in [-0.05, 0) is 111 Å². The number of nitrogen functional groups attached to an aromatic ring is 2. The molecule has 69 heavy (non-hydrogen) atoms. The molecule has 17 nitrogen and oxygen atoms in total. The van der Waals surface area contributed by atoms with Crippen molar-refractivity contribution < 1.29 is 42.7 Å². The molecule has 0 aliphatic carbocycles. The maximum absolute atomic E-state index is 12.2. The van der Waals surface area contributed by atoms with Crippen molar-refractivity contribution >= 4 is 45.6 Å². The number of nitrogens with one attached hydrogen (secondary N) is 1. The van der Waals surface area contributed by atoms with Gasteiger partial charge in [-0.15, -0.1) is 0 Å². The minimum atomic E-state index is -0.981. The van der Waals surface area contributed by atoms with Crippen LogP contribution in [0.25, 0.3) is 44.6 Å². The Bertz CT molecular complexity index is 2980. The number of anilines is 2. The minimum Gasteiger partial charge on any atom is -0.478 e. The van der Waals surface area contributed by atoms with Gasteiger partial charge in [0, 0.05) is 55.4 Å². The molecule has 8 aromatic rings.